The number of ether oxygens (including phenoxy) is 4. The molecular weight excluding hydrogens is 336 g/mol. The van der Waals surface area contributed by atoms with Crippen LogP contribution in [0.25, 0.3) is 0 Å². The van der Waals surface area contributed by atoms with Crippen molar-refractivity contribution < 1.29 is 28.8 Å². The van der Waals surface area contributed by atoms with Crippen molar-refractivity contribution in [2.24, 2.45) is 5.92 Å². The first-order chi connectivity index (χ1) is 12.6. The van der Waals surface area contributed by atoms with Gasteiger partial charge < -0.3 is 24.1 Å². The molecule has 6 nitrogen and oxygen atoms in total. The van der Waals surface area contributed by atoms with E-state index in [1.165, 1.54) is 25.7 Å². The molecule has 0 aliphatic rings. The second-order valence-corrected chi connectivity index (χ2v) is 6.70. The third-order valence-electron chi connectivity index (χ3n) is 4.71. The first kappa shape index (κ1) is 25.3. The van der Waals surface area contributed by atoms with Gasteiger partial charge in [-0.3, -0.25) is 4.79 Å². The lowest BCUT2D eigenvalue weighted by molar-refractivity contribution is -0.277. The summed E-state index contributed by atoms with van der Waals surface area (Å²) in [5, 5.41) is 9.40. The van der Waals surface area contributed by atoms with Gasteiger partial charge in [0.05, 0.1) is 32.8 Å². The maximum absolute atomic E-state index is 11.4. The molecule has 0 fully saturated rings. The molecule has 0 rings (SSSR count). The molecule has 0 aliphatic carbocycles. The standard InChI is InChI=1S/C20H40O6/c1-5-7-8-9-10-11-12-18(17-19(21)22)20(6-2,25-15-13-23-3)26-16-14-24-4/h18H,5-17H2,1-4H3,(H,21,22). The lowest BCUT2D eigenvalue weighted by atomic mass is 9.87. The summed E-state index contributed by atoms with van der Waals surface area (Å²) in [6.45, 7) is 5.84. The third kappa shape index (κ3) is 11.1. The van der Waals surface area contributed by atoms with Crippen molar-refractivity contribution in [2.75, 3.05) is 40.6 Å². The van der Waals surface area contributed by atoms with E-state index in [-0.39, 0.29) is 12.3 Å². The summed E-state index contributed by atoms with van der Waals surface area (Å²) in [6, 6.07) is 0. The fourth-order valence-corrected chi connectivity index (χ4v) is 3.23. The van der Waals surface area contributed by atoms with Crippen LogP contribution in [0.2, 0.25) is 0 Å². The SMILES string of the molecule is CCCCCCCCC(CC(=O)O)C(CC)(OCCOC)OCCOC. The molecule has 0 aromatic rings. The van der Waals surface area contributed by atoms with Crippen LogP contribution in [-0.2, 0) is 23.7 Å². The van der Waals surface area contributed by atoms with E-state index in [2.05, 4.69) is 6.92 Å². The second-order valence-electron chi connectivity index (χ2n) is 6.70. The summed E-state index contributed by atoms with van der Waals surface area (Å²) in [4.78, 5) is 11.4. The topological polar surface area (TPSA) is 74.2 Å². The van der Waals surface area contributed by atoms with Crippen molar-refractivity contribution in [3.63, 3.8) is 0 Å². The van der Waals surface area contributed by atoms with Gasteiger partial charge in [0, 0.05) is 20.1 Å². The Balaban J connectivity index is 4.93. The van der Waals surface area contributed by atoms with E-state index in [0.717, 1.165) is 19.3 Å². The Kier molecular flexibility index (Phi) is 16.0. The molecule has 0 saturated heterocycles. The highest BCUT2D eigenvalue weighted by Crippen LogP contribution is 2.34. The molecule has 0 aromatic heterocycles. The quantitative estimate of drug-likeness (QED) is 0.268. The Morgan fingerprint density at radius 3 is 1.88 bits per heavy atom. The van der Waals surface area contributed by atoms with Crippen molar-refractivity contribution in [2.45, 2.75) is 77.4 Å². The predicted octanol–water partition coefficient (Wildman–Crippen LogP) is 4.26. The van der Waals surface area contributed by atoms with Gasteiger partial charge in [0.15, 0.2) is 5.79 Å². The summed E-state index contributed by atoms with van der Waals surface area (Å²) >= 11 is 0. The monoisotopic (exact) mass is 376 g/mol. The van der Waals surface area contributed by atoms with Crippen LogP contribution in [0.15, 0.2) is 0 Å². The number of carboxylic acids is 1. The van der Waals surface area contributed by atoms with Gasteiger partial charge in [0.25, 0.3) is 0 Å². The Morgan fingerprint density at radius 1 is 0.885 bits per heavy atom. The van der Waals surface area contributed by atoms with Gasteiger partial charge in [0.2, 0.25) is 0 Å². The van der Waals surface area contributed by atoms with E-state index < -0.39 is 11.8 Å². The Labute approximate surface area is 159 Å². The molecule has 156 valence electrons. The van der Waals surface area contributed by atoms with Gasteiger partial charge in [-0.2, -0.15) is 0 Å². The number of unbranched alkanes of at least 4 members (excludes halogenated alkanes) is 5. The normalized spacial score (nSPS) is 13.1. The third-order valence-corrected chi connectivity index (χ3v) is 4.71. The Morgan fingerprint density at radius 2 is 1.42 bits per heavy atom. The average Bonchev–Trinajstić information content (AvgIpc) is 2.62. The highest BCUT2D eigenvalue weighted by Gasteiger charge is 2.40. The highest BCUT2D eigenvalue weighted by atomic mass is 16.7. The van der Waals surface area contributed by atoms with Crippen LogP contribution in [0.4, 0.5) is 0 Å². The molecule has 0 saturated carbocycles. The fraction of sp³-hybridized carbons (Fsp3) is 0.950. The molecule has 26 heavy (non-hydrogen) atoms. The molecule has 0 spiro atoms. The van der Waals surface area contributed by atoms with E-state index in [4.69, 9.17) is 18.9 Å². The molecule has 1 unspecified atom stereocenters. The smallest absolute Gasteiger partial charge is 0.303 e. The summed E-state index contributed by atoms with van der Waals surface area (Å²) in [7, 11) is 3.24. The van der Waals surface area contributed by atoms with Crippen LogP contribution >= 0.6 is 0 Å². The van der Waals surface area contributed by atoms with E-state index in [1.54, 1.807) is 14.2 Å². The van der Waals surface area contributed by atoms with Crippen molar-refractivity contribution in [3.05, 3.63) is 0 Å². The van der Waals surface area contributed by atoms with Gasteiger partial charge in [0.1, 0.15) is 0 Å². The number of rotatable bonds is 19. The Bertz CT molecular complexity index is 324. The van der Waals surface area contributed by atoms with Crippen molar-refractivity contribution in [1.29, 1.82) is 0 Å². The largest absolute Gasteiger partial charge is 0.481 e. The molecule has 0 bridgehead atoms. The second kappa shape index (κ2) is 16.5. The molecule has 1 atom stereocenters. The summed E-state index contributed by atoms with van der Waals surface area (Å²) in [5.41, 5.74) is 0. The molecule has 0 amide bonds. The van der Waals surface area contributed by atoms with Crippen molar-refractivity contribution >= 4 is 5.97 Å². The molecule has 6 heteroatoms. The average molecular weight is 377 g/mol. The van der Waals surface area contributed by atoms with Crippen LogP contribution in [-0.4, -0.2) is 57.5 Å². The lowest BCUT2D eigenvalue weighted by Crippen LogP contribution is -2.45. The van der Waals surface area contributed by atoms with Gasteiger partial charge in [-0.15, -0.1) is 0 Å². The number of carbonyl (C=O) groups is 1. The number of aliphatic carboxylic acids is 1. The zero-order valence-corrected chi connectivity index (χ0v) is 17.3. The first-order valence-corrected chi connectivity index (χ1v) is 10.0. The highest BCUT2D eigenvalue weighted by molar-refractivity contribution is 5.67. The molecular formula is C20H40O6. The van der Waals surface area contributed by atoms with Crippen LogP contribution < -0.4 is 0 Å². The number of hydrogen-bond donors (Lipinski definition) is 1. The molecule has 1 N–H and O–H groups in total. The number of carboxylic acid groups (broad SMARTS) is 1. The minimum absolute atomic E-state index is 0.0444. The minimum Gasteiger partial charge on any atom is -0.481 e. The van der Waals surface area contributed by atoms with E-state index in [0.29, 0.717) is 32.8 Å². The maximum Gasteiger partial charge on any atom is 0.303 e. The van der Waals surface area contributed by atoms with Crippen LogP contribution in [0.1, 0.15) is 71.6 Å². The van der Waals surface area contributed by atoms with Crippen molar-refractivity contribution in [1.82, 2.24) is 0 Å². The zero-order valence-electron chi connectivity index (χ0n) is 17.3. The first-order valence-electron chi connectivity index (χ1n) is 10.0. The molecule has 0 heterocycles. The van der Waals surface area contributed by atoms with E-state index >= 15 is 0 Å². The molecule has 0 radical (unpaired) electrons. The van der Waals surface area contributed by atoms with Gasteiger partial charge >= 0.3 is 5.97 Å². The van der Waals surface area contributed by atoms with Gasteiger partial charge in [-0.25, -0.2) is 0 Å². The summed E-state index contributed by atoms with van der Waals surface area (Å²) < 4.78 is 22.3. The van der Waals surface area contributed by atoms with Gasteiger partial charge in [-0.1, -0.05) is 52.4 Å². The fourth-order valence-electron chi connectivity index (χ4n) is 3.23. The van der Waals surface area contributed by atoms with Crippen LogP contribution in [0.5, 0.6) is 0 Å². The van der Waals surface area contributed by atoms with Crippen molar-refractivity contribution in [3.8, 4) is 0 Å². The number of methoxy groups -OCH3 is 2. The molecule has 0 aromatic carbocycles. The summed E-state index contributed by atoms with van der Waals surface area (Å²) in [5.74, 6) is -1.91. The maximum atomic E-state index is 11.4. The number of hydrogen-bond acceptors (Lipinski definition) is 5. The minimum atomic E-state index is -0.904. The zero-order chi connectivity index (χ0) is 19.7. The molecule has 0 aliphatic heterocycles. The van der Waals surface area contributed by atoms with E-state index in [9.17, 15) is 9.90 Å². The van der Waals surface area contributed by atoms with E-state index in [1.807, 2.05) is 6.92 Å². The summed E-state index contributed by atoms with van der Waals surface area (Å²) in [6.07, 6.45) is 8.45. The van der Waals surface area contributed by atoms with Crippen LogP contribution in [0, 0.1) is 5.92 Å². The van der Waals surface area contributed by atoms with Crippen LogP contribution in [0.3, 0.4) is 0 Å². The predicted molar refractivity (Wildman–Crippen MR) is 102 cm³/mol. The lowest BCUT2D eigenvalue weighted by Gasteiger charge is -2.39. The van der Waals surface area contributed by atoms with Gasteiger partial charge in [-0.05, 0) is 12.8 Å². The Hall–Kier alpha value is -0.690.